The van der Waals surface area contributed by atoms with E-state index in [9.17, 15) is 22.8 Å². The molecule has 4 saturated carbocycles. The van der Waals surface area contributed by atoms with E-state index < -0.39 is 23.9 Å². The van der Waals surface area contributed by atoms with Crippen LogP contribution in [0.1, 0.15) is 44.3 Å². The highest BCUT2D eigenvalue weighted by molar-refractivity contribution is 7.99. The summed E-state index contributed by atoms with van der Waals surface area (Å²) < 4.78 is 39.0. The van der Waals surface area contributed by atoms with Crippen LogP contribution in [-0.2, 0) is 18.0 Å². The summed E-state index contributed by atoms with van der Waals surface area (Å²) in [7, 11) is 1.18. The Morgan fingerprint density at radius 1 is 1.14 bits per heavy atom. The minimum Gasteiger partial charge on any atom is -0.332 e. The Kier molecular flexibility index (Phi) is 4.83. The topological polar surface area (TPSA) is 88.9 Å². The summed E-state index contributed by atoms with van der Waals surface area (Å²) in [5.41, 5.74) is -0.211. The second-order valence-electron chi connectivity index (χ2n) is 8.35. The number of aromatic nitrogens is 3. The third-order valence-corrected chi connectivity index (χ3v) is 7.11. The normalized spacial score (nSPS) is 31.1. The van der Waals surface area contributed by atoms with Gasteiger partial charge in [0, 0.05) is 12.6 Å². The number of carbonyl (C=O) groups excluding carboxylic acids is 2. The van der Waals surface area contributed by atoms with E-state index in [-0.39, 0.29) is 16.4 Å². The molecule has 1 aromatic heterocycles. The Morgan fingerprint density at radius 3 is 2.21 bits per heavy atom. The van der Waals surface area contributed by atoms with E-state index in [4.69, 9.17) is 0 Å². The fourth-order valence-corrected chi connectivity index (χ4v) is 6.23. The van der Waals surface area contributed by atoms with Crippen molar-refractivity contribution in [1.29, 1.82) is 0 Å². The van der Waals surface area contributed by atoms with Crippen molar-refractivity contribution in [2.75, 3.05) is 5.75 Å². The number of alkyl halides is 3. The minimum absolute atomic E-state index is 0.0380. The Bertz CT molecular complexity index is 759. The van der Waals surface area contributed by atoms with Crippen molar-refractivity contribution in [2.45, 2.75) is 55.4 Å². The van der Waals surface area contributed by atoms with Crippen LogP contribution in [0.5, 0.6) is 0 Å². The van der Waals surface area contributed by atoms with Crippen molar-refractivity contribution in [2.24, 2.45) is 24.8 Å². The van der Waals surface area contributed by atoms with Crippen molar-refractivity contribution in [3.05, 3.63) is 5.82 Å². The van der Waals surface area contributed by atoms with E-state index in [2.05, 4.69) is 20.8 Å². The zero-order valence-electron chi connectivity index (χ0n) is 15.4. The van der Waals surface area contributed by atoms with Crippen LogP contribution >= 0.6 is 11.8 Å². The Morgan fingerprint density at radius 2 is 1.71 bits per heavy atom. The fraction of sp³-hybridized carbons (Fsp3) is 0.765. The summed E-state index contributed by atoms with van der Waals surface area (Å²) in [6.45, 7) is 0. The highest BCUT2D eigenvalue weighted by Crippen LogP contribution is 2.55. The fourth-order valence-electron chi connectivity index (χ4n) is 5.52. The zero-order valence-corrected chi connectivity index (χ0v) is 16.2. The summed E-state index contributed by atoms with van der Waals surface area (Å²) in [6.07, 6.45) is 2.03. The van der Waals surface area contributed by atoms with E-state index in [1.54, 1.807) is 0 Å². The van der Waals surface area contributed by atoms with Gasteiger partial charge in [0.15, 0.2) is 5.16 Å². The molecule has 0 aromatic carbocycles. The summed E-state index contributed by atoms with van der Waals surface area (Å²) >= 11 is 0.801. The van der Waals surface area contributed by atoms with Crippen molar-refractivity contribution in [1.82, 2.24) is 25.4 Å². The number of nitrogens with one attached hydrogen (secondary N) is 2. The summed E-state index contributed by atoms with van der Waals surface area (Å²) in [5, 5.41) is 11.8. The van der Waals surface area contributed by atoms with Crippen molar-refractivity contribution < 1.29 is 22.8 Å². The number of halogens is 3. The van der Waals surface area contributed by atoms with Gasteiger partial charge in [0.05, 0.1) is 5.75 Å². The number of hydrogen-bond acceptors (Lipinski definition) is 5. The Balaban J connectivity index is 1.29. The lowest BCUT2D eigenvalue weighted by atomic mass is 9.53. The van der Waals surface area contributed by atoms with Gasteiger partial charge in [-0.05, 0) is 56.3 Å². The third-order valence-electron chi connectivity index (χ3n) is 6.09. The van der Waals surface area contributed by atoms with E-state index in [0.29, 0.717) is 17.8 Å². The zero-order chi connectivity index (χ0) is 20.1. The smallest absolute Gasteiger partial charge is 0.332 e. The molecule has 4 bridgehead atoms. The molecule has 2 N–H and O–H groups in total. The molecule has 1 aromatic rings. The third kappa shape index (κ3) is 3.85. The second kappa shape index (κ2) is 6.93. The lowest BCUT2D eigenvalue weighted by molar-refractivity contribution is -0.147. The molecular formula is C17H22F3N5O2S. The molecule has 11 heteroatoms. The van der Waals surface area contributed by atoms with Crippen LogP contribution in [0.15, 0.2) is 5.16 Å². The Hall–Kier alpha value is -1.78. The van der Waals surface area contributed by atoms with Gasteiger partial charge in [-0.1, -0.05) is 11.8 Å². The molecule has 28 heavy (non-hydrogen) atoms. The number of thioether (sulfide) groups is 1. The molecule has 5 rings (SSSR count). The monoisotopic (exact) mass is 417 g/mol. The summed E-state index contributed by atoms with van der Waals surface area (Å²) in [5.74, 6) is 0.0569. The SMILES string of the molecule is Cn1c(SCC(=O)NC(=O)NC23CC4CC(CC(C4)C2)C3)nnc1C(F)(F)F. The molecule has 154 valence electrons. The van der Waals surface area contributed by atoms with Crippen LogP contribution in [0.3, 0.4) is 0 Å². The van der Waals surface area contributed by atoms with Crippen molar-refractivity contribution in [3.8, 4) is 0 Å². The van der Waals surface area contributed by atoms with E-state index in [1.165, 1.54) is 26.3 Å². The van der Waals surface area contributed by atoms with Gasteiger partial charge in [0.1, 0.15) is 0 Å². The van der Waals surface area contributed by atoms with Gasteiger partial charge in [-0.15, -0.1) is 10.2 Å². The number of hydrogen-bond donors (Lipinski definition) is 2. The van der Waals surface area contributed by atoms with Gasteiger partial charge in [-0.2, -0.15) is 13.2 Å². The molecule has 0 spiro atoms. The number of amides is 3. The second-order valence-corrected chi connectivity index (χ2v) is 9.29. The molecule has 0 atom stereocenters. The van der Waals surface area contributed by atoms with Gasteiger partial charge >= 0.3 is 12.2 Å². The number of urea groups is 1. The molecule has 1 heterocycles. The molecule has 4 fully saturated rings. The molecule has 0 aliphatic heterocycles. The molecule has 0 unspecified atom stereocenters. The van der Waals surface area contributed by atoms with Crippen molar-refractivity contribution in [3.63, 3.8) is 0 Å². The van der Waals surface area contributed by atoms with Crippen LogP contribution in [0.25, 0.3) is 0 Å². The predicted octanol–water partition coefficient (Wildman–Crippen LogP) is 2.72. The molecule has 3 amide bonds. The van der Waals surface area contributed by atoms with Crippen LogP contribution < -0.4 is 10.6 Å². The first-order valence-corrected chi connectivity index (χ1v) is 10.3. The molecular weight excluding hydrogens is 395 g/mol. The van der Waals surface area contributed by atoms with E-state index in [0.717, 1.165) is 35.6 Å². The molecule has 4 aliphatic rings. The predicted molar refractivity (Wildman–Crippen MR) is 94.3 cm³/mol. The van der Waals surface area contributed by atoms with Gasteiger partial charge in [-0.25, -0.2) is 4.79 Å². The first kappa shape index (κ1) is 19.5. The van der Waals surface area contributed by atoms with E-state index >= 15 is 0 Å². The van der Waals surface area contributed by atoms with Crippen LogP contribution in [-0.4, -0.2) is 38.0 Å². The van der Waals surface area contributed by atoms with Gasteiger partial charge < -0.3 is 9.88 Å². The van der Waals surface area contributed by atoms with Crippen LogP contribution in [0.2, 0.25) is 0 Å². The van der Waals surface area contributed by atoms with Gasteiger partial charge in [-0.3, -0.25) is 10.1 Å². The summed E-state index contributed by atoms with van der Waals surface area (Å²) in [4.78, 5) is 24.4. The largest absolute Gasteiger partial charge is 0.451 e. The standard InChI is InChI=1S/C17H22F3N5O2S/c1-25-13(17(18,19)20)23-24-15(25)28-8-12(26)21-14(27)22-16-5-9-2-10(6-16)4-11(3-9)7-16/h9-11H,2-8H2,1H3,(H2,21,22,26,27). The quantitative estimate of drug-likeness (QED) is 0.736. The number of imide groups is 1. The average molecular weight is 417 g/mol. The maximum atomic E-state index is 12.7. The van der Waals surface area contributed by atoms with Gasteiger partial charge in [0.25, 0.3) is 0 Å². The maximum Gasteiger partial charge on any atom is 0.451 e. The molecule has 7 nitrogen and oxygen atoms in total. The highest BCUT2D eigenvalue weighted by atomic mass is 32.2. The lowest BCUT2D eigenvalue weighted by Gasteiger charge is -2.56. The first-order valence-electron chi connectivity index (χ1n) is 9.35. The van der Waals surface area contributed by atoms with Gasteiger partial charge in [0.2, 0.25) is 11.7 Å². The molecule has 0 saturated heterocycles. The molecule has 4 aliphatic carbocycles. The van der Waals surface area contributed by atoms with Crippen molar-refractivity contribution >= 4 is 23.7 Å². The van der Waals surface area contributed by atoms with E-state index in [1.807, 2.05) is 0 Å². The summed E-state index contributed by atoms with van der Waals surface area (Å²) in [6, 6.07) is -0.526. The lowest BCUT2D eigenvalue weighted by Crippen LogP contribution is -2.61. The first-order chi connectivity index (χ1) is 13.1. The number of rotatable bonds is 4. The number of nitrogens with zero attached hydrogens (tertiary/aromatic N) is 3. The minimum atomic E-state index is -4.61. The van der Waals surface area contributed by atoms with Crippen LogP contribution in [0.4, 0.5) is 18.0 Å². The molecule has 0 radical (unpaired) electrons. The van der Waals surface area contributed by atoms with Crippen LogP contribution in [0, 0.1) is 17.8 Å². The number of carbonyl (C=O) groups is 2. The highest BCUT2D eigenvalue weighted by Gasteiger charge is 2.51. The maximum absolute atomic E-state index is 12.7. The average Bonchev–Trinajstić information content (AvgIpc) is 2.91. The Labute approximate surface area is 164 Å².